The number of rotatable bonds is 9. The number of ketones is 1. The zero-order chi connectivity index (χ0) is 25.4. The summed E-state index contributed by atoms with van der Waals surface area (Å²) >= 11 is 13.0. The van der Waals surface area contributed by atoms with E-state index >= 15 is 0 Å². The molecule has 0 aliphatic heterocycles. The maximum Gasteiger partial charge on any atom is 0.237 e. The summed E-state index contributed by atoms with van der Waals surface area (Å²) in [6.45, 7) is 3.49. The fourth-order valence-corrected chi connectivity index (χ4v) is 4.63. The Balaban J connectivity index is 1.63. The van der Waals surface area contributed by atoms with E-state index in [1.807, 2.05) is 31.2 Å². The summed E-state index contributed by atoms with van der Waals surface area (Å²) in [6.07, 6.45) is 0.632. The maximum atomic E-state index is 13.0. The second-order valence-electron chi connectivity index (χ2n) is 7.59. The highest BCUT2D eigenvalue weighted by molar-refractivity contribution is 8.00. The van der Waals surface area contributed by atoms with Crippen LogP contribution in [-0.2, 0) is 4.79 Å². The topological polar surface area (TPSA) is 79.5 Å². The number of hydrogen-bond donors (Lipinski definition) is 3. The number of thiocarbonyl (C=S) groups is 1. The minimum absolute atomic E-state index is 0.0114. The summed E-state index contributed by atoms with van der Waals surface area (Å²) in [5, 5.41) is 9.79. The van der Waals surface area contributed by atoms with Gasteiger partial charge in [0, 0.05) is 26.9 Å². The molecule has 9 heteroatoms. The molecule has 1 atom stereocenters. The van der Waals surface area contributed by atoms with Crippen LogP contribution < -0.4 is 20.7 Å². The molecule has 0 radical (unpaired) electrons. The van der Waals surface area contributed by atoms with Gasteiger partial charge in [0.2, 0.25) is 5.91 Å². The molecule has 0 aliphatic carbocycles. The molecule has 3 N–H and O–H groups in total. The van der Waals surface area contributed by atoms with Crippen LogP contribution in [0.4, 0.5) is 17.1 Å². The number of halogens is 1. The highest BCUT2D eigenvalue weighted by Crippen LogP contribution is 2.31. The largest absolute Gasteiger partial charge is 0.495 e. The fraction of sp³-hybridized carbons (Fsp3) is 0.192. The standard InChI is InChI=1S/C26H26ClN3O3S2/c1-4-24(25(32)30-22-14-18(27)10-13-23(22)33-3)35-21-7-5-6-20(15-21)29-26(34)28-19-11-8-17(9-12-19)16(2)31/h5-15,24H,4H2,1-3H3,(H,30,32)(H2,28,29,34). The Labute approximate surface area is 219 Å². The minimum atomic E-state index is -0.321. The Bertz CT molecular complexity index is 1220. The predicted molar refractivity (Wildman–Crippen MR) is 149 cm³/mol. The van der Waals surface area contributed by atoms with Crippen molar-refractivity contribution in [3.05, 3.63) is 77.3 Å². The van der Waals surface area contributed by atoms with Crippen LogP contribution in [-0.4, -0.2) is 29.2 Å². The van der Waals surface area contributed by atoms with Crippen molar-refractivity contribution in [1.29, 1.82) is 0 Å². The summed E-state index contributed by atoms with van der Waals surface area (Å²) in [6, 6.07) is 19.9. The normalized spacial score (nSPS) is 11.3. The number of carbonyl (C=O) groups excluding carboxylic acids is 2. The predicted octanol–water partition coefficient (Wildman–Crippen LogP) is 6.87. The number of ether oxygens (including phenoxy) is 1. The summed E-state index contributed by atoms with van der Waals surface area (Å²) in [5.41, 5.74) is 2.74. The second-order valence-corrected chi connectivity index (χ2v) is 9.71. The molecular formula is C26H26ClN3O3S2. The third kappa shape index (κ3) is 7.71. The van der Waals surface area contributed by atoms with Crippen LogP contribution in [0, 0.1) is 0 Å². The molecule has 35 heavy (non-hydrogen) atoms. The third-order valence-electron chi connectivity index (χ3n) is 5.00. The molecule has 0 spiro atoms. The van der Waals surface area contributed by atoms with Gasteiger partial charge in [-0.15, -0.1) is 11.8 Å². The van der Waals surface area contributed by atoms with Gasteiger partial charge in [-0.3, -0.25) is 9.59 Å². The first-order valence-electron chi connectivity index (χ1n) is 10.9. The number of anilines is 3. The fourth-order valence-electron chi connectivity index (χ4n) is 3.21. The number of benzene rings is 3. The van der Waals surface area contributed by atoms with Crippen molar-refractivity contribution in [2.75, 3.05) is 23.1 Å². The van der Waals surface area contributed by atoms with Crippen LogP contribution >= 0.6 is 35.6 Å². The van der Waals surface area contributed by atoms with E-state index in [1.165, 1.54) is 18.7 Å². The molecule has 1 amide bonds. The quantitative estimate of drug-likeness (QED) is 0.159. The minimum Gasteiger partial charge on any atom is -0.495 e. The van der Waals surface area contributed by atoms with E-state index in [0.29, 0.717) is 33.6 Å². The lowest BCUT2D eigenvalue weighted by Gasteiger charge is -2.17. The van der Waals surface area contributed by atoms with Gasteiger partial charge in [-0.05, 0) is 86.2 Å². The van der Waals surface area contributed by atoms with E-state index in [1.54, 1.807) is 49.6 Å². The van der Waals surface area contributed by atoms with Crippen molar-refractivity contribution < 1.29 is 14.3 Å². The number of amides is 1. The summed E-state index contributed by atoms with van der Waals surface area (Å²) in [7, 11) is 1.55. The van der Waals surface area contributed by atoms with Crippen molar-refractivity contribution in [3.63, 3.8) is 0 Å². The number of hydrogen-bond acceptors (Lipinski definition) is 5. The lowest BCUT2D eigenvalue weighted by molar-refractivity contribution is -0.115. The zero-order valence-electron chi connectivity index (χ0n) is 19.6. The first-order valence-corrected chi connectivity index (χ1v) is 12.6. The molecule has 0 bridgehead atoms. The lowest BCUT2D eigenvalue weighted by Crippen LogP contribution is -2.24. The van der Waals surface area contributed by atoms with Gasteiger partial charge in [0.05, 0.1) is 18.0 Å². The van der Waals surface area contributed by atoms with E-state index in [0.717, 1.165) is 16.3 Å². The molecule has 6 nitrogen and oxygen atoms in total. The second kappa shape index (κ2) is 12.6. The van der Waals surface area contributed by atoms with Crippen molar-refractivity contribution in [2.24, 2.45) is 0 Å². The van der Waals surface area contributed by atoms with E-state index in [4.69, 9.17) is 28.6 Å². The molecule has 3 rings (SSSR count). The van der Waals surface area contributed by atoms with Gasteiger partial charge in [0.15, 0.2) is 10.9 Å². The van der Waals surface area contributed by atoms with E-state index in [-0.39, 0.29) is 16.9 Å². The van der Waals surface area contributed by atoms with Crippen molar-refractivity contribution >= 4 is 69.4 Å². The van der Waals surface area contributed by atoms with E-state index < -0.39 is 0 Å². The van der Waals surface area contributed by atoms with Gasteiger partial charge in [-0.1, -0.05) is 24.6 Å². The molecule has 182 valence electrons. The average Bonchev–Trinajstić information content (AvgIpc) is 2.83. The number of carbonyl (C=O) groups is 2. The molecule has 0 aliphatic rings. The zero-order valence-corrected chi connectivity index (χ0v) is 21.9. The SMILES string of the molecule is CCC(Sc1cccc(NC(=S)Nc2ccc(C(C)=O)cc2)c1)C(=O)Nc1cc(Cl)ccc1OC. The molecule has 0 heterocycles. The number of thioether (sulfide) groups is 1. The number of nitrogens with one attached hydrogen (secondary N) is 3. The Morgan fingerprint density at radius 2 is 1.71 bits per heavy atom. The van der Waals surface area contributed by atoms with Crippen LogP contribution in [0.1, 0.15) is 30.6 Å². The molecule has 0 aromatic heterocycles. The van der Waals surface area contributed by atoms with Crippen LogP contribution in [0.25, 0.3) is 0 Å². The summed E-state index contributed by atoms with van der Waals surface area (Å²) in [4.78, 5) is 25.3. The van der Waals surface area contributed by atoms with E-state index in [2.05, 4.69) is 16.0 Å². The van der Waals surface area contributed by atoms with Crippen molar-refractivity contribution in [2.45, 2.75) is 30.4 Å². The van der Waals surface area contributed by atoms with Crippen molar-refractivity contribution in [3.8, 4) is 5.75 Å². The molecule has 0 saturated heterocycles. The molecular weight excluding hydrogens is 502 g/mol. The number of methoxy groups -OCH3 is 1. The van der Waals surface area contributed by atoms with Gasteiger partial charge in [0.1, 0.15) is 5.75 Å². The van der Waals surface area contributed by atoms with Crippen LogP contribution in [0.5, 0.6) is 5.75 Å². The van der Waals surface area contributed by atoms with E-state index in [9.17, 15) is 9.59 Å². The molecule has 0 saturated carbocycles. The Kier molecular flexibility index (Phi) is 9.54. The third-order valence-corrected chi connectivity index (χ3v) is 6.80. The summed E-state index contributed by atoms with van der Waals surface area (Å²) < 4.78 is 5.32. The lowest BCUT2D eigenvalue weighted by atomic mass is 10.1. The van der Waals surface area contributed by atoms with Crippen LogP contribution in [0.2, 0.25) is 5.02 Å². The smallest absolute Gasteiger partial charge is 0.237 e. The Morgan fingerprint density at radius 3 is 2.37 bits per heavy atom. The first-order chi connectivity index (χ1) is 16.8. The Hall–Kier alpha value is -3.07. The van der Waals surface area contributed by atoms with Gasteiger partial charge in [-0.25, -0.2) is 0 Å². The average molecular weight is 528 g/mol. The highest BCUT2D eigenvalue weighted by Gasteiger charge is 2.20. The number of Topliss-reactive ketones (excluding diaryl/α,β-unsaturated/α-hetero) is 1. The van der Waals surface area contributed by atoms with Gasteiger partial charge < -0.3 is 20.7 Å². The maximum absolute atomic E-state index is 13.0. The van der Waals surface area contributed by atoms with Crippen molar-refractivity contribution in [1.82, 2.24) is 0 Å². The van der Waals surface area contributed by atoms with Gasteiger partial charge >= 0.3 is 0 Å². The Morgan fingerprint density at radius 1 is 1.00 bits per heavy atom. The first kappa shape index (κ1) is 26.5. The molecule has 1 unspecified atom stereocenters. The molecule has 0 fully saturated rings. The molecule has 3 aromatic rings. The van der Waals surface area contributed by atoms with Crippen LogP contribution in [0.15, 0.2) is 71.6 Å². The monoisotopic (exact) mass is 527 g/mol. The van der Waals surface area contributed by atoms with Gasteiger partial charge in [-0.2, -0.15) is 0 Å². The van der Waals surface area contributed by atoms with Crippen LogP contribution in [0.3, 0.4) is 0 Å². The molecule has 3 aromatic carbocycles. The highest BCUT2D eigenvalue weighted by atomic mass is 35.5. The summed E-state index contributed by atoms with van der Waals surface area (Å²) in [5.74, 6) is 0.422. The van der Waals surface area contributed by atoms with Gasteiger partial charge in [0.25, 0.3) is 0 Å².